The molecule has 5 heteroatoms. The molecule has 2 atom stereocenters. The highest BCUT2D eigenvalue weighted by Gasteiger charge is 2.40. The highest BCUT2D eigenvalue weighted by Crippen LogP contribution is 2.39. The van der Waals surface area contributed by atoms with Gasteiger partial charge in [-0.2, -0.15) is 0 Å². The van der Waals surface area contributed by atoms with Gasteiger partial charge in [0.25, 0.3) is 0 Å². The van der Waals surface area contributed by atoms with Gasteiger partial charge in [0, 0.05) is 13.0 Å². The molecule has 0 spiro atoms. The molecule has 2 unspecified atom stereocenters. The van der Waals surface area contributed by atoms with E-state index < -0.39 is 5.97 Å². The van der Waals surface area contributed by atoms with E-state index in [-0.39, 0.29) is 17.4 Å². The first-order valence-electron chi connectivity index (χ1n) is 5.97. The van der Waals surface area contributed by atoms with Gasteiger partial charge in [-0.25, -0.2) is 4.79 Å². The summed E-state index contributed by atoms with van der Waals surface area (Å²) in [4.78, 5) is 24.4. The summed E-state index contributed by atoms with van der Waals surface area (Å²) in [5.41, 5.74) is 0.158. The van der Waals surface area contributed by atoms with Gasteiger partial charge in [-0.1, -0.05) is 6.92 Å². The molecule has 1 amide bonds. The summed E-state index contributed by atoms with van der Waals surface area (Å²) in [5, 5.41) is 8.91. The third kappa shape index (κ3) is 2.39. The molecule has 1 saturated carbocycles. The van der Waals surface area contributed by atoms with E-state index in [2.05, 4.69) is 6.92 Å². The van der Waals surface area contributed by atoms with E-state index in [9.17, 15) is 9.59 Å². The molecule has 1 N–H and O–H groups in total. The maximum absolute atomic E-state index is 11.9. The fraction of sp³-hybridized carbons (Fsp3) is 0.538. The number of nitrogens with zero attached hydrogens (tertiary/aromatic N) is 1. The number of carboxylic acid groups (broad SMARTS) is 1. The minimum Gasteiger partial charge on any atom is -0.478 e. The van der Waals surface area contributed by atoms with Gasteiger partial charge < -0.3 is 14.4 Å². The van der Waals surface area contributed by atoms with E-state index in [1.807, 2.05) is 0 Å². The zero-order valence-electron chi connectivity index (χ0n) is 10.8. The number of amides is 1. The van der Waals surface area contributed by atoms with Crippen molar-refractivity contribution in [2.45, 2.75) is 26.8 Å². The van der Waals surface area contributed by atoms with Crippen LogP contribution in [0.2, 0.25) is 0 Å². The summed E-state index contributed by atoms with van der Waals surface area (Å²) in [7, 11) is 1.71. The molecule has 1 aromatic heterocycles. The molecular weight excluding hydrogens is 234 g/mol. The lowest BCUT2D eigenvalue weighted by atomic mass is 10.2. The first-order chi connectivity index (χ1) is 8.40. The lowest BCUT2D eigenvalue weighted by Crippen LogP contribution is -2.27. The Hall–Kier alpha value is -1.78. The van der Waals surface area contributed by atoms with Crippen LogP contribution in [0.1, 0.15) is 35.2 Å². The number of carboxylic acids is 1. The largest absolute Gasteiger partial charge is 0.478 e. The third-order valence-corrected chi connectivity index (χ3v) is 3.40. The van der Waals surface area contributed by atoms with Gasteiger partial charge in [-0.15, -0.1) is 0 Å². The van der Waals surface area contributed by atoms with Crippen molar-refractivity contribution in [1.29, 1.82) is 0 Å². The van der Waals surface area contributed by atoms with Crippen LogP contribution in [-0.2, 0) is 11.3 Å². The predicted octanol–water partition coefficient (Wildman–Crippen LogP) is 1.90. The van der Waals surface area contributed by atoms with Crippen molar-refractivity contribution in [2.24, 2.45) is 11.8 Å². The molecule has 18 heavy (non-hydrogen) atoms. The van der Waals surface area contributed by atoms with Gasteiger partial charge >= 0.3 is 5.97 Å². The Kier molecular flexibility index (Phi) is 3.15. The molecule has 1 heterocycles. The monoisotopic (exact) mass is 251 g/mol. The smallest absolute Gasteiger partial charge is 0.339 e. The summed E-state index contributed by atoms with van der Waals surface area (Å²) in [5.74, 6) is 0.575. The summed E-state index contributed by atoms with van der Waals surface area (Å²) >= 11 is 0. The van der Waals surface area contributed by atoms with Crippen LogP contribution in [0, 0.1) is 18.8 Å². The number of rotatable bonds is 4. The maximum Gasteiger partial charge on any atom is 0.339 e. The van der Waals surface area contributed by atoms with E-state index in [4.69, 9.17) is 9.52 Å². The normalized spacial score (nSPS) is 21.7. The molecule has 1 aliphatic carbocycles. The van der Waals surface area contributed by atoms with Crippen molar-refractivity contribution < 1.29 is 19.1 Å². The molecule has 0 saturated heterocycles. The van der Waals surface area contributed by atoms with Gasteiger partial charge in [0.05, 0.1) is 6.54 Å². The molecule has 0 bridgehead atoms. The van der Waals surface area contributed by atoms with E-state index in [0.29, 0.717) is 24.0 Å². The SMILES string of the molecule is Cc1oc(CN(C)C(=O)C2CC2C)cc1C(=O)O. The van der Waals surface area contributed by atoms with Gasteiger partial charge in [0.2, 0.25) is 5.91 Å². The average Bonchev–Trinajstić information content (AvgIpc) is 2.89. The highest BCUT2D eigenvalue weighted by atomic mass is 16.4. The Morgan fingerprint density at radius 3 is 2.61 bits per heavy atom. The minimum absolute atomic E-state index is 0.105. The van der Waals surface area contributed by atoms with Crippen LogP contribution in [0.15, 0.2) is 10.5 Å². The van der Waals surface area contributed by atoms with Crippen molar-refractivity contribution in [1.82, 2.24) is 4.90 Å². The molecule has 0 aliphatic heterocycles. The van der Waals surface area contributed by atoms with Crippen molar-refractivity contribution in [2.75, 3.05) is 7.05 Å². The van der Waals surface area contributed by atoms with Crippen LogP contribution in [0.25, 0.3) is 0 Å². The summed E-state index contributed by atoms with van der Waals surface area (Å²) < 4.78 is 5.35. The fourth-order valence-corrected chi connectivity index (χ4v) is 2.09. The average molecular weight is 251 g/mol. The molecule has 0 radical (unpaired) electrons. The number of hydrogen-bond donors (Lipinski definition) is 1. The van der Waals surface area contributed by atoms with E-state index in [1.54, 1.807) is 18.9 Å². The van der Waals surface area contributed by atoms with Crippen LogP contribution in [0.5, 0.6) is 0 Å². The fourth-order valence-electron chi connectivity index (χ4n) is 2.09. The first-order valence-corrected chi connectivity index (χ1v) is 5.97. The maximum atomic E-state index is 11.9. The quantitative estimate of drug-likeness (QED) is 0.887. The van der Waals surface area contributed by atoms with Gasteiger partial charge in [0.15, 0.2) is 0 Å². The Bertz CT molecular complexity index is 491. The Labute approximate surface area is 105 Å². The Morgan fingerprint density at radius 1 is 1.56 bits per heavy atom. The van der Waals surface area contributed by atoms with Gasteiger partial charge in [-0.05, 0) is 25.3 Å². The van der Waals surface area contributed by atoms with Gasteiger partial charge in [0.1, 0.15) is 17.1 Å². The predicted molar refractivity (Wildman–Crippen MR) is 64.1 cm³/mol. The summed E-state index contributed by atoms with van der Waals surface area (Å²) in [6.45, 7) is 3.98. The van der Waals surface area contributed by atoms with Crippen LogP contribution < -0.4 is 0 Å². The van der Waals surface area contributed by atoms with Crippen molar-refractivity contribution in [3.05, 3.63) is 23.2 Å². The molecule has 1 aromatic rings. The summed E-state index contributed by atoms with van der Waals surface area (Å²) in [6, 6.07) is 1.48. The number of carbonyl (C=O) groups excluding carboxylic acids is 1. The Morgan fingerprint density at radius 2 is 2.17 bits per heavy atom. The topological polar surface area (TPSA) is 70.8 Å². The van der Waals surface area contributed by atoms with Crippen molar-refractivity contribution in [3.63, 3.8) is 0 Å². The lowest BCUT2D eigenvalue weighted by molar-refractivity contribution is -0.132. The first kappa shape index (κ1) is 12.7. The molecule has 5 nitrogen and oxygen atoms in total. The van der Waals surface area contributed by atoms with Crippen molar-refractivity contribution in [3.8, 4) is 0 Å². The van der Waals surface area contributed by atoms with Crippen LogP contribution >= 0.6 is 0 Å². The van der Waals surface area contributed by atoms with Crippen LogP contribution in [-0.4, -0.2) is 28.9 Å². The second kappa shape index (κ2) is 4.48. The van der Waals surface area contributed by atoms with E-state index in [0.717, 1.165) is 6.42 Å². The summed E-state index contributed by atoms with van der Waals surface area (Å²) in [6.07, 6.45) is 0.945. The molecule has 2 rings (SSSR count). The number of furan rings is 1. The molecular formula is C13H17NO4. The van der Waals surface area contributed by atoms with Crippen LogP contribution in [0.4, 0.5) is 0 Å². The molecule has 1 fully saturated rings. The number of aromatic carboxylic acids is 1. The minimum atomic E-state index is -1.01. The zero-order valence-corrected chi connectivity index (χ0v) is 10.8. The standard InChI is InChI=1S/C13H17NO4/c1-7-4-10(7)12(15)14(3)6-9-5-11(13(16)17)8(2)18-9/h5,7,10H,4,6H2,1-3H3,(H,16,17). The second-order valence-electron chi connectivity index (χ2n) is 5.00. The number of aryl methyl sites for hydroxylation is 1. The lowest BCUT2D eigenvalue weighted by Gasteiger charge is -2.15. The van der Waals surface area contributed by atoms with Crippen molar-refractivity contribution >= 4 is 11.9 Å². The zero-order chi connectivity index (χ0) is 13.4. The molecule has 1 aliphatic rings. The number of carbonyl (C=O) groups is 2. The molecule has 0 aromatic carbocycles. The van der Waals surface area contributed by atoms with E-state index in [1.165, 1.54) is 6.07 Å². The molecule has 98 valence electrons. The third-order valence-electron chi connectivity index (χ3n) is 3.40. The second-order valence-corrected chi connectivity index (χ2v) is 5.00. The Balaban J connectivity index is 2.03. The highest BCUT2D eigenvalue weighted by molar-refractivity contribution is 5.88. The van der Waals surface area contributed by atoms with Gasteiger partial charge in [-0.3, -0.25) is 4.79 Å². The number of hydrogen-bond acceptors (Lipinski definition) is 3. The van der Waals surface area contributed by atoms with Crippen LogP contribution in [0.3, 0.4) is 0 Å². The van der Waals surface area contributed by atoms with E-state index >= 15 is 0 Å².